The van der Waals surface area contributed by atoms with Crippen LogP contribution in [-0.4, -0.2) is 68.0 Å². The van der Waals surface area contributed by atoms with Gasteiger partial charge in [0.15, 0.2) is 0 Å². The largest absolute Gasteiger partial charge is 0.496 e. The number of hydrogen-bond donors (Lipinski definition) is 0. The molecule has 0 N–H and O–H groups in total. The van der Waals surface area contributed by atoms with Gasteiger partial charge in [-0.2, -0.15) is 0 Å². The Labute approximate surface area is 204 Å². The molecule has 7 nitrogen and oxygen atoms in total. The summed E-state index contributed by atoms with van der Waals surface area (Å²) in [4.78, 5) is 43.2. The second-order valence-corrected chi connectivity index (χ2v) is 9.18. The molecule has 0 spiro atoms. The number of para-hydroxylation sites is 1. The molecule has 0 aliphatic carbocycles. The van der Waals surface area contributed by atoms with Gasteiger partial charge in [0, 0.05) is 57.7 Å². The summed E-state index contributed by atoms with van der Waals surface area (Å²) in [7, 11) is 3.07. The Balaban J connectivity index is 1.61. The molecule has 0 bridgehead atoms. The molecule has 186 valence electrons. The number of carbonyl (C=O) groups is 3. The van der Waals surface area contributed by atoms with Crippen LogP contribution in [0.15, 0.2) is 48.5 Å². The minimum Gasteiger partial charge on any atom is -0.496 e. The van der Waals surface area contributed by atoms with Gasteiger partial charge in [-0.1, -0.05) is 36.4 Å². The Bertz CT molecular complexity index is 1110. The molecule has 4 rings (SSSR count). The highest BCUT2D eigenvalue weighted by molar-refractivity contribution is 6.11. The number of ether oxygens (including phenoxy) is 2. The van der Waals surface area contributed by atoms with Gasteiger partial charge in [0.1, 0.15) is 11.6 Å². The van der Waals surface area contributed by atoms with E-state index in [0.717, 1.165) is 0 Å². The van der Waals surface area contributed by atoms with Crippen molar-refractivity contribution in [2.45, 2.75) is 37.0 Å². The monoisotopic (exact) mass is 482 g/mol. The summed E-state index contributed by atoms with van der Waals surface area (Å²) in [6, 6.07) is 13.7. The average molecular weight is 483 g/mol. The second kappa shape index (κ2) is 10.6. The predicted molar refractivity (Wildman–Crippen MR) is 127 cm³/mol. The molecule has 0 aromatic heterocycles. The molecule has 2 aliphatic rings. The van der Waals surface area contributed by atoms with Crippen LogP contribution in [0, 0.1) is 5.82 Å². The van der Waals surface area contributed by atoms with Crippen molar-refractivity contribution < 1.29 is 28.2 Å². The summed E-state index contributed by atoms with van der Waals surface area (Å²) in [5, 5.41) is 0. The normalized spacial score (nSPS) is 22.2. The fourth-order valence-electron chi connectivity index (χ4n) is 5.29. The first-order valence-corrected chi connectivity index (χ1v) is 11.9. The molecule has 2 aromatic carbocycles. The number of carbonyl (C=O) groups excluding carboxylic acids is 3. The zero-order chi connectivity index (χ0) is 25.0. The van der Waals surface area contributed by atoms with E-state index >= 15 is 0 Å². The van der Waals surface area contributed by atoms with Crippen LogP contribution in [0.4, 0.5) is 4.39 Å². The Morgan fingerprint density at radius 1 is 1.11 bits per heavy atom. The Morgan fingerprint density at radius 3 is 2.60 bits per heavy atom. The first kappa shape index (κ1) is 24.9. The highest BCUT2D eigenvalue weighted by Gasteiger charge is 2.55. The van der Waals surface area contributed by atoms with Gasteiger partial charge in [0.2, 0.25) is 17.7 Å². The average Bonchev–Trinajstić information content (AvgIpc) is 3.44. The Hall–Kier alpha value is -3.26. The van der Waals surface area contributed by atoms with Gasteiger partial charge >= 0.3 is 0 Å². The molecule has 2 aliphatic heterocycles. The summed E-state index contributed by atoms with van der Waals surface area (Å²) in [6.45, 7) is 1.50. The van der Waals surface area contributed by atoms with Gasteiger partial charge in [-0.15, -0.1) is 0 Å². The van der Waals surface area contributed by atoms with Crippen LogP contribution >= 0.6 is 0 Å². The van der Waals surface area contributed by atoms with E-state index in [-0.39, 0.29) is 48.8 Å². The van der Waals surface area contributed by atoms with Crippen molar-refractivity contribution in [1.29, 1.82) is 0 Å². The van der Waals surface area contributed by atoms with Crippen LogP contribution < -0.4 is 4.74 Å². The molecule has 2 heterocycles. The highest BCUT2D eigenvalue weighted by atomic mass is 19.1. The van der Waals surface area contributed by atoms with Crippen molar-refractivity contribution in [2.75, 3.05) is 40.5 Å². The van der Waals surface area contributed by atoms with Crippen molar-refractivity contribution in [3.63, 3.8) is 0 Å². The van der Waals surface area contributed by atoms with Gasteiger partial charge in [-0.3, -0.25) is 19.3 Å². The van der Waals surface area contributed by atoms with Crippen LogP contribution in [0.25, 0.3) is 0 Å². The van der Waals surface area contributed by atoms with Gasteiger partial charge in [-0.05, 0) is 30.5 Å². The molecule has 3 amide bonds. The smallest absolute Gasteiger partial charge is 0.241 e. The number of likely N-dealkylation sites (tertiary alicyclic amines) is 2. The minimum atomic E-state index is -1.34. The minimum absolute atomic E-state index is 0.102. The van der Waals surface area contributed by atoms with E-state index in [4.69, 9.17) is 9.47 Å². The molecular weight excluding hydrogens is 451 g/mol. The lowest BCUT2D eigenvalue weighted by atomic mass is 9.75. The third-order valence-electron chi connectivity index (χ3n) is 7.10. The van der Waals surface area contributed by atoms with Crippen LogP contribution in [-0.2, 0) is 24.5 Å². The predicted octanol–water partition coefficient (Wildman–Crippen LogP) is 3.27. The number of methoxy groups -OCH3 is 2. The van der Waals surface area contributed by atoms with E-state index in [2.05, 4.69) is 0 Å². The number of halogens is 1. The van der Waals surface area contributed by atoms with Crippen LogP contribution in [0.3, 0.4) is 0 Å². The standard InChI is InChI=1S/C27H31FN2O5/c1-34-15-7-13-30-25(32)17-27(26(30)33,21-9-4-6-11-23(21)35-2)16-24(31)29-14-12-19(18-29)20-8-3-5-10-22(20)28/h3-6,8-11,19H,7,12-18H2,1-2H3/t19-,27-/m1/s1. The molecule has 8 heteroatoms. The molecule has 0 radical (unpaired) electrons. The van der Waals surface area contributed by atoms with Gasteiger partial charge in [0.05, 0.1) is 12.5 Å². The quantitative estimate of drug-likeness (QED) is 0.405. The summed E-state index contributed by atoms with van der Waals surface area (Å²) >= 11 is 0. The van der Waals surface area contributed by atoms with Crippen LogP contribution in [0.5, 0.6) is 5.75 Å². The van der Waals surface area contributed by atoms with Gasteiger partial charge in [0.25, 0.3) is 0 Å². The van der Waals surface area contributed by atoms with Gasteiger partial charge in [-0.25, -0.2) is 4.39 Å². The number of rotatable bonds is 9. The molecule has 2 atom stereocenters. The molecule has 2 fully saturated rings. The number of benzene rings is 2. The van der Waals surface area contributed by atoms with E-state index < -0.39 is 5.41 Å². The van der Waals surface area contributed by atoms with Crippen LogP contribution in [0.2, 0.25) is 0 Å². The topological polar surface area (TPSA) is 76.2 Å². The summed E-state index contributed by atoms with van der Waals surface area (Å²) in [6.07, 6.45) is 0.906. The SMILES string of the molecule is COCCCN1C(=O)C[C@](CC(=O)N2CC[C@@H](c3ccccc3F)C2)(c2ccccc2OC)C1=O. The van der Waals surface area contributed by atoms with Crippen LogP contribution in [0.1, 0.15) is 42.7 Å². The zero-order valence-electron chi connectivity index (χ0n) is 20.2. The molecular formula is C27H31FN2O5. The summed E-state index contributed by atoms with van der Waals surface area (Å²) in [5.74, 6) is -0.841. The summed E-state index contributed by atoms with van der Waals surface area (Å²) < 4.78 is 24.9. The molecule has 0 saturated carbocycles. The van der Waals surface area contributed by atoms with Crippen molar-refractivity contribution in [3.8, 4) is 5.75 Å². The van der Waals surface area contributed by atoms with Gasteiger partial charge < -0.3 is 14.4 Å². The number of nitrogens with zero attached hydrogens (tertiary/aromatic N) is 2. The Morgan fingerprint density at radius 2 is 1.86 bits per heavy atom. The maximum absolute atomic E-state index is 14.3. The van der Waals surface area contributed by atoms with Crippen molar-refractivity contribution in [3.05, 3.63) is 65.5 Å². The van der Waals surface area contributed by atoms with Crippen molar-refractivity contribution in [2.24, 2.45) is 0 Å². The third kappa shape index (κ3) is 4.80. The Kier molecular flexibility index (Phi) is 7.50. The fraction of sp³-hybridized carbons (Fsp3) is 0.444. The van der Waals surface area contributed by atoms with Crippen molar-refractivity contribution in [1.82, 2.24) is 9.80 Å². The van der Waals surface area contributed by atoms with E-state index in [9.17, 15) is 18.8 Å². The lowest BCUT2D eigenvalue weighted by molar-refractivity contribution is -0.142. The van der Waals surface area contributed by atoms with E-state index in [1.807, 2.05) is 0 Å². The first-order chi connectivity index (χ1) is 16.9. The first-order valence-electron chi connectivity index (χ1n) is 11.9. The van der Waals surface area contributed by atoms with Crippen molar-refractivity contribution >= 4 is 17.7 Å². The second-order valence-electron chi connectivity index (χ2n) is 9.18. The van der Waals surface area contributed by atoms with E-state index in [1.54, 1.807) is 54.5 Å². The number of amides is 3. The highest BCUT2D eigenvalue weighted by Crippen LogP contribution is 2.44. The molecule has 35 heavy (non-hydrogen) atoms. The summed E-state index contributed by atoms with van der Waals surface area (Å²) in [5.41, 5.74) is -0.212. The fourth-order valence-corrected chi connectivity index (χ4v) is 5.29. The maximum Gasteiger partial charge on any atom is 0.241 e. The number of hydrogen-bond acceptors (Lipinski definition) is 5. The lowest BCUT2D eigenvalue weighted by Crippen LogP contribution is -2.43. The molecule has 2 aromatic rings. The van der Waals surface area contributed by atoms with E-state index in [1.165, 1.54) is 18.1 Å². The molecule has 0 unspecified atom stereocenters. The number of imide groups is 1. The molecule has 2 saturated heterocycles. The van der Waals surface area contributed by atoms with E-state index in [0.29, 0.717) is 49.4 Å². The lowest BCUT2D eigenvalue weighted by Gasteiger charge is -2.30. The maximum atomic E-state index is 14.3. The zero-order valence-corrected chi connectivity index (χ0v) is 20.2. The third-order valence-corrected chi connectivity index (χ3v) is 7.10.